The van der Waals surface area contributed by atoms with Gasteiger partial charge in [-0.1, -0.05) is 0 Å². The molecule has 96 valence electrons. The molecular weight excluding hydrogens is 252 g/mol. The molecule has 17 heavy (non-hydrogen) atoms. The van der Waals surface area contributed by atoms with Gasteiger partial charge in [0.25, 0.3) is 0 Å². The zero-order chi connectivity index (χ0) is 13.0. The minimum absolute atomic E-state index is 0.381. The second-order valence-corrected chi connectivity index (χ2v) is 3.96. The van der Waals surface area contributed by atoms with Crippen molar-refractivity contribution in [1.29, 1.82) is 0 Å². The van der Waals surface area contributed by atoms with E-state index in [0.717, 1.165) is 17.2 Å². The molecular formula is C9H13ClN2O5. The number of aliphatic hydroxyl groups is 2. The van der Waals surface area contributed by atoms with Crippen LogP contribution < -0.4 is 5.73 Å². The number of nitrogens with two attached hydrogens (primary N) is 1. The van der Waals surface area contributed by atoms with Crippen LogP contribution in [0.5, 0.6) is 0 Å². The van der Waals surface area contributed by atoms with Gasteiger partial charge in [0.1, 0.15) is 17.6 Å². The van der Waals surface area contributed by atoms with Gasteiger partial charge in [0.15, 0.2) is 6.23 Å². The lowest BCUT2D eigenvalue weighted by molar-refractivity contribution is -0.127. The topological polar surface area (TPSA) is 113 Å². The van der Waals surface area contributed by atoms with Gasteiger partial charge in [0.2, 0.25) is 12.3 Å². The van der Waals surface area contributed by atoms with Gasteiger partial charge in [0.05, 0.1) is 6.61 Å². The predicted octanol–water partition coefficient (Wildman–Crippen LogP) is -1.87. The molecule has 0 spiro atoms. The Balaban J connectivity index is 2.77. The molecule has 1 heterocycles. The van der Waals surface area contributed by atoms with E-state index >= 15 is 0 Å². The molecule has 1 fully saturated rings. The molecule has 1 saturated heterocycles. The van der Waals surface area contributed by atoms with E-state index in [-0.39, 0.29) is 0 Å². The predicted molar refractivity (Wildman–Crippen MR) is 57.6 cm³/mol. The molecule has 0 bridgehead atoms. The maximum absolute atomic E-state index is 10.8. The largest absolute Gasteiger partial charge is 0.394 e. The number of hydrogen-bond acceptors (Lipinski definition) is 5. The third-order valence-electron chi connectivity index (χ3n) is 2.30. The highest BCUT2D eigenvalue weighted by Crippen LogP contribution is 2.27. The molecule has 0 aromatic rings. The van der Waals surface area contributed by atoms with Crippen LogP contribution in [0.1, 0.15) is 0 Å². The Bertz CT molecular complexity index is 325. The molecule has 0 aliphatic carbocycles. The molecule has 0 aromatic carbocycles. The van der Waals surface area contributed by atoms with Gasteiger partial charge in [-0.05, 0) is 0 Å². The Labute approximate surface area is 102 Å². The maximum atomic E-state index is 10.8. The van der Waals surface area contributed by atoms with Gasteiger partial charge in [-0.25, -0.2) is 0 Å². The standard InChI is InChI=1S/C9H13ClN2O5/c10-7-8(16)5(3-13)17-9(7)12(4-14)2-1-6(11)15/h1-2,4-5,7-9,13,16H,3H2,(H2,11,15)/b2-1+/t5-,7+,8-,9-/m1/s1. The summed E-state index contributed by atoms with van der Waals surface area (Å²) < 4.78 is 5.18. The number of nitrogens with zero attached hydrogens (tertiary/aromatic N) is 1. The molecule has 4 atom stereocenters. The normalized spacial score (nSPS) is 32.9. The minimum Gasteiger partial charge on any atom is -0.394 e. The van der Waals surface area contributed by atoms with Gasteiger partial charge in [-0.3, -0.25) is 14.5 Å². The Hall–Kier alpha value is -1.15. The highest BCUT2D eigenvalue weighted by molar-refractivity contribution is 6.21. The highest BCUT2D eigenvalue weighted by Gasteiger charge is 2.44. The van der Waals surface area contributed by atoms with E-state index in [4.69, 9.17) is 27.2 Å². The van der Waals surface area contributed by atoms with E-state index in [1.54, 1.807) is 0 Å². The van der Waals surface area contributed by atoms with Gasteiger partial charge >= 0.3 is 0 Å². The zero-order valence-corrected chi connectivity index (χ0v) is 9.53. The lowest BCUT2D eigenvalue weighted by Gasteiger charge is -2.22. The van der Waals surface area contributed by atoms with Crippen LogP contribution in [0.3, 0.4) is 0 Å². The zero-order valence-electron chi connectivity index (χ0n) is 8.77. The number of alkyl halides is 1. The molecule has 0 unspecified atom stereocenters. The van der Waals surface area contributed by atoms with Crippen molar-refractivity contribution in [3.8, 4) is 0 Å². The summed E-state index contributed by atoms with van der Waals surface area (Å²) >= 11 is 5.85. The van der Waals surface area contributed by atoms with E-state index in [1.807, 2.05) is 0 Å². The molecule has 7 nitrogen and oxygen atoms in total. The van der Waals surface area contributed by atoms with Gasteiger partial charge < -0.3 is 20.7 Å². The summed E-state index contributed by atoms with van der Waals surface area (Å²) in [6.07, 6.45) is -0.492. The van der Waals surface area contributed by atoms with Gasteiger partial charge in [0, 0.05) is 12.3 Å². The third-order valence-corrected chi connectivity index (χ3v) is 2.77. The van der Waals surface area contributed by atoms with Crippen molar-refractivity contribution in [3.63, 3.8) is 0 Å². The number of carbonyl (C=O) groups excluding carboxylic acids is 2. The number of aliphatic hydroxyl groups excluding tert-OH is 2. The Morgan fingerprint density at radius 1 is 1.59 bits per heavy atom. The van der Waals surface area contributed by atoms with Crippen LogP contribution in [-0.4, -0.2) is 57.9 Å². The lowest BCUT2D eigenvalue weighted by Crippen LogP contribution is -2.37. The number of amides is 2. The van der Waals surface area contributed by atoms with Crippen molar-refractivity contribution in [1.82, 2.24) is 4.90 Å². The molecule has 1 aliphatic heterocycles. The minimum atomic E-state index is -1.10. The van der Waals surface area contributed by atoms with Crippen LogP contribution in [0.25, 0.3) is 0 Å². The average Bonchev–Trinajstić information content (AvgIpc) is 2.57. The summed E-state index contributed by atoms with van der Waals surface area (Å²) in [5.41, 5.74) is 4.88. The summed E-state index contributed by atoms with van der Waals surface area (Å²) in [7, 11) is 0. The van der Waals surface area contributed by atoms with Gasteiger partial charge in [-0.2, -0.15) is 0 Å². The Morgan fingerprint density at radius 3 is 2.65 bits per heavy atom. The Kier molecular flexibility index (Phi) is 4.88. The van der Waals surface area contributed by atoms with Crippen molar-refractivity contribution in [2.24, 2.45) is 5.73 Å². The van der Waals surface area contributed by atoms with E-state index in [9.17, 15) is 14.7 Å². The quantitative estimate of drug-likeness (QED) is 0.306. The first kappa shape index (κ1) is 13.9. The molecule has 1 rings (SSSR count). The second-order valence-electron chi connectivity index (χ2n) is 3.45. The number of ether oxygens (including phenoxy) is 1. The number of hydrogen-bond donors (Lipinski definition) is 3. The van der Waals surface area contributed by atoms with Crippen molar-refractivity contribution in [2.75, 3.05) is 6.61 Å². The fourth-order valence-corrected chi connectivity index (χ4v) is 1.79. The van der Waals surface area contributed by atoms with Crippen LogP contribution in [0.2, 0.25) is 0 Å². The summed E-state index contributed by atoms with van der Waals surface area (Å²) in [5.74, 6) is -0.736. The summed E-state index contributed by atoms with van der Waals surface area (Å²) in [6, 6.07) is 0. The Morgan fingerprint density at radius 2 is 2.24 bits per heavy atom. The van der Waals surface area contributed by atoms with Crippen molar-refractivity contribution >= 4 is 23.9 Å². The molecule has 0 aromatic heterocycles. The third kappa shape index (κ3) is 3.16. The SMILES string of the molecule is NC(=O)/C=C/N(C=O)[C@@H]1O[C@H](CO)[C@@H](O)[C@@H]1Cl. The lowest BCUT2D eigenvalue weighted by atomic mass is 10.2. The van der Waals surface area contributed by atoms with E-state index in [1.165, 1.54) is 0 Å². The van der Waals surface area contributed by atoms with Crippen LogP contribution in [0.4, 0.5) is 0 Å². The fraction of sp³-hybridized carbons (Fsp3) is 0.556. The highest BCUT2D eigenvalue weighted by atomic mass is 35.5. The van der Waals surface area contributed by atoms with Crippen molar-refractivity contribution in [2.45, 2.75) is 23.8 Å². The first-order valence-corrected chi connectivity index (χ1v) is 5.23. The number of halogens is 1. The smallest absolute Gasteiger partial charge is 0.242 e. The summed E-state index contributed by atoms with van der Waals surface area (Å²) in [6.45, 7) is -0.423. The van der Waals surface area contributed by atoms with E-state index in [2.05, 4.69) is 0 Å². The first-order valence-electron chi connectivity index (χ1n) is 4.80. The van der Waals surface area contributed by atoms with Crippen molar-refractivity contribution in [3.05, 3.63) is 12.3 Å². The van der Waals surface area contributed by atoms with Crippen molar-refractivity contribution < 1.29 is 24.5 Å². The van der Waals surface area contributed by atoms with Crippen LogP contribution in [-0.2, 0) is 14.3 Å². The molecule has 0 saturated carbocycles. The summed E-state index contributed by atoms with van der Waals surface area (Å²) in [5, 5.41) is 17.6. The maximum Gasteiger partial charge on any atom is 0.242 e. The van der Waals surface area contributed by atoms with Crippen LogP contribution in [0, 0.1) is 0 Å². The number of carbonyl (C=O) groups is 2. The number of primary amides is 1. The first-order chi connectivity index (χ1) is 8.01. The molecule has 0 radical (unpaired) electrons. The molecule has 4 N–H and O–H groups in total. The molecule has 1 aliphatic rings. The average molecular weight is 265 g/mol. The van der Waals surface area contributed by atoms with Crippen LogP contribution >= 0.6 is 11.6 Å². The van der Waals surface area contributed by atoms with E-state index < -0.39 is 36.3 Å². The second kappa shape index (κ2) is 5.97. The molecule has 8 heteroatoms. The number of rotatable bonds is 5. The van der Waals surface area contributed by atoms with Gasteiger partial charge in [-0.15, -0.1) is 11.6 Å². The summed E-state index contributed by atoms with van der Waals surface area (Å²) in [4.78, 5) is 22.3. The molecule has 2 amide bonds. The fourth-order valence-electron chi connectivity index (χ4n) is 1.43. The van der Waals surface area contributed by atoms with E-state index in [0.29, 0.717) is 6.41 Å². The van der Waals surface area contributed by atoms with Crippen LogP contribution in [0.15, 0.2) is 12.3 Å². The monoisotopic (exact) mass is 264 g/mol.